The number of anilines is 2. The van der Waals surface area contributed by atoms with E-state index in [4.69, 9.17) is 21.1 Å². The molecule has 1 aliphatic heterocycles. The van der Waals surface area contributed by atoms with Gasteiger partial charge in [-0.2, -0.15) is 0 Å². The van der Waals surface area contributed by atoms with Crippen molar-refractivity contribution in [3.63, 3.8) is 0 Å². The third-order valence-corrected chi connectivity index (χ3v) is 6.12. The van der Waals surface area contributed by atoms with E-state index in [9.17, 15) is 4.79 Å². The summed E-state index contributed by atoms with van der Waals surface area (Å²) >= 11 is 6.57. The molecule has 33 heavy (non-hydrogen) atoms. The Balaban J connectivity index is 1.76. The zero-order valence-corrected chi connectivity index (χ0v) is 20.1. The van der Waals surface area contributed by atoms with Gasteiger partial charge in [-0.1, -0.05) is 32.4 Å². The smallest absolute Gasteiger partial charge is 0.227 e. The molecule has 7 nitrogen and oxygen atoms in total. The van der Waals surface area contributed by atoms with Crippen molar-refractivity contribution in [3.05, 3.63) is 63.7 Å². The van der Waals surface area contributed by atoms with Gasteiger partial charge in [0, 0.05) is 56.4 Å². The molecule has 0 saturated heterocycles. The quantitative estimate of drug-likeness (QED) is 0.476. The Morgan fingerprint density at radius 2 is 1.94 bits per heavy atom. The minimum Gasteiger partial charge on any atom is -0.492 e. The first-order chi connectivity index (χ1) is 15.8. The van der Waals surface area contributed by atoms with E-state index in [2.05, 4.69) is 40.6 Å². The highest BCUT2D eigenvalue weighted by Gasteiger charge is 2.33. The first kappa shape index (κ1) is 23.3. The van der Waals surface area contributed by atoms with Gasteiger partial charge in [0.2, 0.25) is 11.4 Å². The van der Waals surface area contributed by atoms with Crippen molar-refractivity contribution in [2.24, 2.45) is 5.41 Å². The number of nitrogens with one attached hydrogen (secondary N) is 1. The molecule has 1 unspecified atom stereocenters. The second-order valence-electron chi connectivity index (χ2n) is 9.26. The van der Waals surface area contributed by atoms with Crippen LogP contribution in [-0.4, -0.2) is 34.9 Å². The summed E-state index contributed by atoms with van der Waals surface area (Å²) in [5.41, 5.74) is 3.16. The molecule has 0 saturated carbocycles. The zero-order chi connectivity index (χ0) is 23.6. The number of methoxy groups -OCH3 is 1. The van der Waals surface area contributed by atoms with Gasteiger partial charge in [-0.05, 0) is 35.6 Å². The molecule has 0 bridgehead atoms. The molecule has 2 aromatic heterocycles. The van der Waals surface area contributed by atoms with Crippen LogP contribution in [0.3, 0.4) is 0 Å². The van der Waals surface area contributed by atoms with Crippen molar-refractivity contribution in [3.8, 4) is 17.0 Å². The SMILES string of the molecule is COCCCOc1cc2c(cc1Cl)-c1cc(=O)c(Nc3ncccn3)cn1C(C(C)(C)C)C2. The number of rotatable bonds is 7. The molecule has 0 aliphatic carbocycles. The van der Waals surface area contributed by atoms with Crippen LogP contribution in [-0.2, 0) is 11.2 Å². The lowest BCUT2D eigenvalue weighted by atomic mass is 9.79. The molecule has 0 fully saturated rings. The van der Waals surface area contributed by atoms with Crippen molar-refractivity contribution in [1.29, 1.82) is 0 Å². The van der Waals surface area contributed by atoms with Crippen molar-refractivity contribution < 1.29 is 9.47 Å². The van der Waals surface area contributed by atoms with E-state index in [1.54, 1.807) is 31.6 Å². The average Bonchev–Trinajstić information content (AvgIpc) is 2.77. The molecule has 1 atom stereocenters. The molecular weight excluding hydrogens is 440 g/mol. The van der Waals surface area contributed by atoms with Gasteiger partial charge in [-0.25, -0.2) is 9.97 Å². The minimum atomic E-state index is -0.134. The Kier molecular flexibility index (Phi) is 6.72. The minimum absolute atomic E-state index is 0.0544. The third kappa shape index (κ3) is 5.04. The number of hydrogen-bond acceptors (Lipinski definition) is 6. The second kappa shape index (κ2) is 9.53. The number of nitrogens with zero attached hydrogens (tertiary/aromatic N) is 3. The van der Waals surface area contributed by atoms with E-state index in [1.807, 2.05) is 18.3 Å². The van der Waals surface area contributed by atoms with Crippen LogP contribution < -0.4 is 15.5 Å². The summed E-state index contributed by atoms with van der Waals surface area (Å²) < 4.78 is 13.2. The van der Waals surface area contributed by atoms with Gasteiger partial charge in [0.1, 0.15) is 11.4 Å². The Morgan fingerprint density at radius 1 is 1.18 bits per heavy atom. The highest BCUT2D eigenvalue weighted by Crippen LogP contribution is 2.45. The summed E-state index contributed by atoms with van der Waals surface area (Å²) in [6, 6.07) is 7.44. The van der Waals surface area contributed by atoms with Gasteiger partial charge in [-0.3, -0.25) is 4.79 Å². The lowest BCUT2D eigenvalue weighted by Gasteiger charge is -2.39. The molecule has 1 aromatic carbocycles. The summed E-state index contributed by atoms with van der Waals surface area (Å²) in [5, 5.41) is 3.59. The van der Waals surface area contributed by atoms with Gasteiger partial charge in [0.15, 0.2) is 0 Å². The fourth-order valence-electron chi connectivity index (χ4n) is 4.13. The standard InChI is InChI=1S/C25H29ClN4O3/c1-25(2,3)23-12-16-11-22(33-10-6-9-32-4)18(26)13-17(16)20-14-21(31)19(15-30(20)23)29-24-27-7-5-8-28-24/h5,7-8,11,13-15,23H,6,9-10,12H2,1-4H3,(H,27,28,29). The summed E-state index contributed by atoms with van der Waals surface area (Å²) in [4.78, 5) is 21.4. The van der Waals surface area contributed by atoms with Crippen LogP contribution >= 0.6 is 11.6 Å². The predicted octanol–water partition coefficient (Wildman–Crippen LogP) is 5.26. The molecule has 0 spiro atoms. The van der Waals surface area contributed by atoms with Crippen molar-refractivity contribution in [1.82, 2.24) is 14.5 Å². The topological polar surface area (TPSA) is 78.3 Å². The molecule has 1 aliphatic rings. The number of hydrogen-bond donors (Lipinski definition) is 1. The van der Waals surface area contributed by atoms with E-state index >= 15 is 0 Å². The Hall–Kier alpha value is -2.90. The number of aromatic nitrogens is 3. The molecule has 0 amide bonds. The van der Waals surface area contributed by atoms with E-state index in [0.29, 0.717) is 35.6 Å². The summed E-state index contributed by atoms with van der Waals surface area (Å²) in [7, 11) is 1.67. The maximum Gasteiger partial charge on any atom is 0.227 e. The van der Waals surface area contributed by atoms with Gasteiger partial charge in [0.05, 0.1) is 17.3 Å². The van der Waals surface area contributed by atoms with E-state index in [-0.39, 0.29) is 16.9 Å². The second-order valence-corrected chi connectivity index (χ2v) is 9.67. The maximum absolute atomic E-state index is 13.0. The molecule has 3 aromatic rings. The average molecular weight is 469 g/mol. The van der Waals surface area contributed by atoms with Gasteiger partial charge in [-0.15, -0.1) is 0 Å². The molecule has 0 radical (unpaired) electrons. The summed E-state index contributed by atoms with van der Waals surface area (Å²) in [6.45, 7) is 7.78. The molecule has 8 heteroatoms. The first-order valence-corrected chi connectivity index (χ1v) is 11.4. The van der Waals surface area contributed by atoms with Crippen LogP contribution in [0.5, 0.6) is 5.75 Å². The van der Waals surface area contributed by atoms with Crippen molar-refractivity contribution in [2.45, 2.75) is 39.7 Å². The molecule has 174 valence electrons. The van der Waals surface area contributed by atoms with Gasteiger partial charge in [0.25, 0.3) is 0 Å². The monoisotopic (exact) mass is 468 g/mol. The van der Waals surface area contributed by atoms with Crippen LogP contribution in [0.4, 0.5) is 11.6 Å². The third-order valence-electron chi connectivity index (χ3n) is 5.82. The number of fused-ring (bicyclic) bond motifs is 3. The Bertz CT molecular complexity index is 1190. The number of ether oxygens (including phenoxy) is 2. The summed E-state index contributed by atoms with van der Waals surface area (Å²) in [5.74, 6) is 1.05. The van der Waals surface area contributed by atoms with Crippen LogP contribution in [0.25, 0.3) is 11.3 Å². The van der Waals surface area contributed by atoms with Crippen molar-refractivity contribution >= 4 is 23.2 Å². The largest absolute Gasteiger partial charge is 0.492 e. The highest BCUT2D eigenvalue weighted by atomic mass is 35.5. The van der Waals surface area contributed by atoms with Crippen molar-refractivity contribution in [2.75, 3.05) is 25.6 Å². The number of benzene rings is 1. The number of halogens is 1. The first-order valence-electron chi connectivity index (χ1n) is 11.0. The molecule has 4 rings (SSSR count). The normalized spacial score (nSPS) is 15.0. The van der Waals surface area contributed by atoms with Gasteiger partial charge >= 0.3 is 0 Å². The highest BCUT2D eigenvalue weighted by molar-refractivity contribution is 6.32. The molecule has 3 heterocycles. The van der Waals surface area contributed by atoms with Crippen LogP contribution in [0.2, 0.25) is 5.02 Å². The van der Waals surface area contributed by atoms with Crippen LogP contribution in [0.1, 0.15) is 38.8 Å². The fourth-order valence-corrected chi connectivity index (χ4v) is 4.35. The van der Waals surface area contributed by atoms with E-state index in [0.717, 1.165) is 29.7 Å². The van der Waals surface area contributed by atoms with E-state index in [1.165, 1.54) is 0 Å². The van der Waals surface area contributed by atoms with Crippen LogP contribution in [0.15, 0.2) is 47.7 Å². The zero-order valence-electron chi connectivity index (χ0n) is 19.4. The Morgan fingerprint density at radius 3 is 2.64 bits per heavy atom. The number of pyridine rings is 1. The lowest BCUT2D eigenvalue weighted by molar-refractivity contribution is 0.172. The molecule has 1 N–H and O–H groups in total. The lowest BCUT2D eigenvalue weighted by Crippen LogP contribution is -2.32. The predicted molar refractivity (Wildman–Crippen MR) is 131 cm³/mol. The van der Waals surface area contributed by atoms with Gasteiger partial charge < -0.3 is 19.4 Å². The Labute approximate surface area is 198 Å². The van der Waals surface area contributed by atoms with Crippen LogP contribution in [0, 0.1) is 5.41 Å². The molecular formula is C25H29ClN4O3. The summed E-state index contributed by atoms with van der Waals surface area (Å²) in [6.07, 6.45) is 6.72. The fraction of sp³-hybridized carbons (Fsp3) is 0.400. The maximum atomic E-state index is 13.0. The van der Waals surface area contributed by atoms with E-state index < -0.39 is 0 Å².